The summed E-state index contributed by atoms with van der Waals surface area (Å²) in [7, 11) is 0. The van der Waals surface area contributed by atoms with Gasteiger partial charge in [-0.3, -0.25) is 0 Å². The summed E-state index contributed by atoms with van der Waals surface area (Å²) in [5.74, 6) is 1.89. The molecule has 0 saturated carbocycles. The Morgan fingerprint density at radius 3 is 2.80 bits per heavy atom. The molecule has 1 saturated heterocycles. The summed E-state index contributed by atoms with van der Waals surface area (Å²) < 4.78 is 5.32. The summed E-state index contributed by atoms with van der Waals surface area (Å²) >= 11 is 5.77. The summed E-state index contributed by atoms with van der Waals surface area (Å²) in [4.78, 5) is 8.90. The van der Waals surface area contributed by atoms with E-state index in [1.807, 2.05) is 13.1 Å². The molecule has 1 aromatic heterocycles. The van der Waals surface area contributed by atoms with Crippen molar-refractivity contribution in [1.82, 2.24) is 9.97 Å². The first-order valence-electron chi connectivity index (χ1n) is 5.27. The average Bonchev–Trinajstić information content (AvgIpc) is 2.30. The third-order valence-electron chi connectivity index (χ3n) is 2.83. The van der Waals surface area contributed by atoms with Gasteiger partial charge in [-0.05, 0) is 19.8 Å². The van der Waals surface area contributed by atoms with Gasteiger partial charge in [0.15, 0.2) is 0 Å². The highest BCUT2D eigenvalue weighted by molar-refractivity contribution is 6.17. The first-order chi connectivity index (χ1) is 7.31. The number of halogens is 1. The average molecular weight is 227 g/mol. The third kappa shape index (κ3) is 2.47. The van der Waals surface area contributed by atoms with Gasteiger partial charge in [0.1, 0.15) is 5.82 Å². The molecule has 0 atom stereocenters. The van der Waals surface area contributed by atoms with Gasteiger partial charge in [0.05, 0.1) is 5.88 Å². The number of alkyl halides is 1. The zero-order valence-corrected chi connectivity index (χ0v) is 9.63. The second kappa shape index (κ2) is 4.90. The minimum absolute atomic E-state index is 0.460. The van der Waals surface area contributed by atoms with Gasteiger partial charge in [0.2, 0.25) is 0 Å². The van der Waals surface area contributed by atoms with Gasteiger partial charge in [-0.15, -0.1) is 11.6 Å². The van der Waals surface area contributed by atoms with E-state index in [1.54, 1.807) is 0 Å². The number of ether oxygens (including phenoxy) is 1. The van der Waals surface area contributed by atoms with Gasteiger partial charge in [0, 0.05) is 36.6 Å². The van der Waals surface area contributed by atoms with Gasteiger partial charge in [0.25, 0.3) is 0 Å². The van der Waals surface area contributed by atoms with Crippen LogP contribution < -0.4 is 0 Å². The van der Waals surface area contributed by atoms with Crippen molar-refractivity contribution in [3.8, 4) is 0 Å². The zero-order chi connectivity index (χ0) is 10.7. The van der Waals surface area contributed by atoms with Crippen LogP contribution in [0.4, 0.5) is 0 Å². The number of aromatic nitrogens is 2. The van der Waals surface area contributed by atoms with E-state index in [2.05, 4.69) is 9.97 Å². The van der Waals surface area contributed by atoms with Crippen molar-refractivity contribution in [1.29, 1.82) is 0 Å². The molecule has 0 N–H and O–H groups in total. The summed E-state index contributed by atoms with van der Waals surface area (Å²) in [6.45, 7) is 3.64. The summed E-state index contributed by atoms with van der Waals surface area (Å²) in [5, 5.41) is 0. The predicted molar refractivity (Wildman–Crippen MR) is 59.1 cm³/mol. The van der Waals surface area contributed by atoms with Crippen molar-refractivity contribution < 1.29 is 4.74 Å². The maximum absolute atomic E-state index is 5.77. The lowest BCUT2D eigenvalue weighted by Crippen LogP contribution is -2.17. The molecule has 2 heterocycles. The third-order valence-corrected chi connectivity index (χ3v) is 3.12. The van der Waals surface area contributed by atoms with E-state index < -0.39 is 0 Å². The molecule has 0 spiro atoms. The molecule has 4 heteroatoms. The highest BCUT2D eigenvalue weighted by atomic mass is 35.5. The van der Waals surface area contributed by atoms with E-state index in [0.717, 1.165) is 43.1 Å². The Morgan fingerprint density at radius 1 is 1.47 bits per heavy atom. The van der Waals surface area contributed by atoms with Crippen LogP contribution in [0, 0.1) is 6.92 Å². The Hall–Kier alpha value is -0.670. The van der Waals surface area contributed by atoms with Crippen molar-refractivity contribution in [2.45, 2.75) is 31.6 Å². The van der Waals surface area contributed by atoms with Gasteiger partial charge in [-0.2, -0.15) is 0 Å². The number of rotatable bonds is 2. The molecular formula is C11H15ClN2O. The molecule has 0 unspecified atom stereocenters. The molecule has 1 aromatic rings. The Morgan fingerprint density at radius 2 is 2.20 bits per heavy atom. The van der Waals surface area contributed by atoms with Crippen LogP contribution in [0.2, 0.25) is 0 Å². The molecule has 1 aliphatic heterocycles. The highest BCUT2D eigenvalue weighted by Crippen LogP contribution is 2.24. The van der Waals surface area contributed by atoms with Gasteiger partial charge in [-0.25, -0.2) is 9.97 Å². The number of hydrogen-bond acceptors (Lipinski definition) is 3. The van der Waals surface area contributed by atoms with Crippen LogP contribution in [0.5, 0.6) is 0 Å². The van der Waals surface area contributed by atoms with Gasteiger partial charge < -0.3 is 4.74 Å². The smallest absolute Gasteiger partial charge is 0.131 e. The molecule has 0 amide bonds. The first kappa shape index (κ1) is 10.8. The standard InChI is InChI=1S/C11H15ClN2O/c1-8-10(6-12)7-13-11(14-8)9-2-4-15-5-3-9/h7,9H,2-6H2,1H3. The van der Waals surface area contributed by atoms with Crippen LogP contribution in [-0.2, 0) is 10.6 Å². The molecule has 82 valence electrons. The highest BCUT2D eigenvalue weighted by Gasteiger charge is 2.18. The molecule has 0 aliphatic carbocycles. The fourth-order valence-electron chi connectivity index (χ4n) is 1.79. The zero-order valence-electron chi connectivity index (χ0n) is 8.87. The Bertz CT molecular complexity index is 337. The lowest BCUT2D eigenvalue weighted by Gasteiger charge is -2.21. The maximum atomic E-state index is 5.77. The largest absolute Gasteiger partial charge is 0.381 e. The van der Waals surface area contributed by atoms with Crippen molar-refractivity contribution >= 4 is 11.6 Å². The Balaban J connectivity index is 2.17. The molecule has 1 aliphatic rings. The fraction of sp³-hybridized carbons (Fsp3) is 0.636. The van der Waals surface area contributed by atoms with E-state index >= 15 is 0 Å². The first-order valence-corrected chi connectivity index (χ1v) is 5.81. The van der Waals surface area contributed by atoms with E-state index in [-0.39, 0.29) is 0 Å². The summed E-state index contributed by atoms with van der Waals surface area (Å²) in [5.41, 5.74) is 2.02. The van der Waals surface area contributed by atoms with Crippen molar-refractivity contribution in [2.75, 3.05) is 13.2 Å². The van der Waals surface area contributed by atoms with Crippen LogP contribution in [0.15, 0.2) is 6.20 Å². The minimum atomic E-state index is 0.460. The fourth-order valence-corrected chi connectivity index (χ4v) is 2.06. The molecule has 1 fully saturated rings. The van der Waals surface area contributed by atoms with Crippen LogP contribution >= 0.6 is 11.6 Å². The molecule has 0 radical (unpaired) electrons. The van der Waals surface area contributed by atoms with Gasteiger partial charge in [-0.1, -0.05) is 0 Å². The SMILES string of the molecule is Cc1nc(C2CCOCC2)ncc1CCl. The van der Waals surface area contributed by atoms with Crippen LogP contribution in [0.25, 0.3) is 0 Å². The van der Waals surface area contributed by atoms with E-state index in [0.29, 0.717) is 11.8 Å². The monoisotopic (exact) mass is 226 g/mol. The van der Waals surface area contributed by atoms with Crippen molar-refractivity contribution in [2.24, 2.45) is 0 Å². The number of nitrogens with zero attached hydrogens (tertiary/aromatic N) is 2. The Labute approximate surface area is 94.8 Å². The summed E-state index contributed by atoms with van der Waals surface area (Å²) in [6.07, 6.45) is 3.90. The topological polar surface area (TPSA) is 35.0 Å². The van der Waals surface area contributed by atoms with Crippen molar-refractivity contribution in [3.63, 3.8) is 0 Å². The lowest BCUT2D eigenvalue weighted by atomic mass is 9.99. The lowest BCUT2D eigenvalue weighted by molar-refractivity contribution is 0.0835. The quantitative estimate of drug-likeness (QED) is 0.727. The normalized spacial score (nSPS) is 18.0. The van der Waals surface area contributed by atoms with E-state index in [4.69, 9.17) is 16.3 Å². The maximum Gasteiger partial charge on any atom is 0.131 e. The second-order valence-electron chi connectivity index (χ2n) is 3.86. The second-order valence-corrected chi connectivity index (χ2v) is 4.13. The molecule has 0 bridgehead atoms. The van der Waals surface area contributed by atoms with Crippen LogP contribution in [0.3, 0.4) is 0 Å². The van der Waals surface area contributed by atoms with Crippen LogP contribution in [-0.4, -0.2) is 23.2 Å². The molecule has 0 aromatic carbocycles. The van der Waals surface area contributed by atoms with E-state index in [9.17, 15) is 0 Å². The Kier molecular flexibility index (Phi) is 3.54. The number of hydrogen-bond donors (Lipinski definition) is 0. The molecule has 2 rings (SSSR count). The molecular weight excluding hydrogens is 212 g/mol. The van der Waals surface area contributed by atoms with E-state index in [1.165, 1.54) is 0 Å². The van der Waals surface area contributed by atoms with Crippen molar-refractivity contribution in [3.05, 3.63) is 23.3 Å². The molecule has 3 nitrogen and oxygen atoms in total. The predicted octanol–water partition coefficient (Wildman–Crippen LogP) is 2.42. The molecule has 15 heavy (non-hydrogen) atoms. The van der Waals surface area contributed by atoms with Gasteiger partial charge >= 0.3 is 0 Å². The summed E-state index contributed by atoms with van der Waals surface area (Å²) in [6, 6.07) is 0. The minimum Gasteiger partial charge on any atom is -0.381 e. The van der Waals surface area contributed by atoms with Crippen LogP contribution in [0.1, 0.15) is 35.8 Å². The number of aryl methyl sites for hydroxylation is 1.